The quantitative estimate of drug-likeness (QED) is 0.279. The summed E-state index contributed by atoms with van der Waals surface area (Å²) in [6, 6.07) is 14.3. The molecule has 0 bridgehead atoms. The maximum atomic E-state index is 15.0. The summed E-state index contributed by atoms with van der Waals surface area (Å²) < 4.78 is 57.8. The van der Waals surface area contributed by atoms with Crippen LogP contribution < -0.4 is 15.4 Å². The lowest BCUT2D eigenvalue weighted by molar-refractivity contribution is 0.282. The number of alkyl halides is 2. The molecule has 1 unspecified atom stereocenters. The minimum atomic E-state index is -2.97. The van der Waals surface area contributed by atoms with Crippen molar-refractivity contribution in [2.24, 2.45) is 5.92 Å². The number of benzene rings is 2. The normalized spacial score (nSPS) is 19.1. The lowest BCUT2D eigenvalue weighted by Crippen LogP contribution is -2.44. The van der Waals surface area contributed by atoms with E-state index in [9.17, 15) is 13.0 Å². The summed E-state index contributed by atoms with van der Waals surface area (Å²) in [7, 11) is -2.97. The third-order valence-corrected chi connectivity index (χ3v) is 8.01. The van der Waals surface area contributed by atoms with Crippen molar-refractivity contribution in [1.82, 2.24) is 20.3 Å². The monoisotopic (exact) mass is 540 g/mol. The molecule has 5 rings (SSSR count). The van der Waals surface area contributed by atoms with Gasteiger partial charge >= 0.3 is 0 Å². The highest BCUT2D eigenvalue weighted by Crippen LogP contribution is 2.29. The predicted octanol–water partition coefficient (Wildman–Crippen LogP) is 4.76. The zero-order chi connectivity index (χ0) is 26.7. The fraction of sp³-hybridized carbons (Fsp3) is 0.259. The van der Waals surface area contributed by atoms with Gasteiger partial charge in [-0.1, -0.05) is 24.3 Å². The average molecular weight is 541 g/mol. The van der Waals surface area contributed by atoms with Crippen LogP contribution in [0.25, 0.3) is 22.3 Å². The van der Waals surface area contributed by atoms with Gasteiger partial charge in [0.1, 0.15) is 23.5 Å². The molecule has 3 atom stereocenters. The van der Waals surface area contributed by atoms with Crippen molar-refractivity contribution < 1.29 is 17.4 Å². The lowest BCUT2D eigenvalue weighted by atomic mass is 9.97. The van der Waals surface area contributed by atoms with Gasteiger partial charge in [-0.25, -0.2) is 27.9 Å². The molecule has 4 aromatic rings. The first-order chi connectivity index (χ1) is 18.4. The first-order valence-electron chi connectivity index (χ1n) is 12.1. The molecular weight excluding hydrogens is 513 g/mol. The molecule has 11 heteroatoms. The zero-order valence-electron chi connectivity index (χ0n) is 20.5. The second-order valence-electron chi connectivity index (χ2n) is 9.27. The Bertz CT molecular complexity index is 1550. The molecule has 2 aromatic carbocycles. The third kappa shape index (κ3) is 5.58. The van der Waals surface area contributed by atoms with Crippen molar-refractivity contribution in [3.05, 3.63) is 72.2 Å². The number of rotatable bonds is 8. The van der Waals surface area contributed by atoms with Crippen LogP contribution in [0.3, 0.4) is 0 Å². The summed E-state index contributed by atoms with van der Waals surface area (Å²) in [5, 5.41) is 6.38. The van der Waals surface area contributed by atoms with E-state index < -0.39 is 28.9 Å². The van der Waals surface area contributed by atoms with Gasteiger partial charge in [0.25, 0.3) is 0 Å². The van der Waals surface area contributed by atoms with Gasteiger partial charge < -0.3 is 15.4 Å². The average Bonchev–Trinajstić information content (AvgIpc) is 2.94. The van der Waals surface area contributed by atoms with E-state index in [0.717, 1.165) is 0 Å². The molecule has 38 heavy (non-hydrogen) atoms. The van der Waals surface area contributed by atoms with Crippen LogP contribution in [0.1, 0.15) is 12.0 Å². The largest absolute Gasteiger partial charge is 0.350 e. The number of aromatic nitrogens is 3. The van der Waals surface area contributed by atoms with Crippen molar-refractivity contribution >= 4 is 38.2 Å². The Balaban J connectivity index is 1.40. The first kappa shape index (κ1) is 25.9. The lowest BCUT2D eigenvalue weighted by Gasteiger charge is -2.29. The standard InChI is InChI=1S/C27H27F3N6OS/c1-38(37,21-5-3-2-4-6-21)36-23-8-7-18(10-22(23)30)24-11-19(13-29)26-25(34-24)16-32-27(35-26)33-20-9-17(12-28)14-31-15-20/h2-8,10-11,16-17,20,31H,1,9,12-15H2,(H,36,37)(H,32,33,35)/t17-,20-,38?/m0/s1. The van der Waals surface area contributed by atoms with Gasteiger partial charge in [0.2, 0.25) is 5.95 Å². The van der Waals surface area contributed by atoms with Crippen LogP contribution in [0.15, 0.2) is 65.7 Å². The number of anilines is 2. The molecule has 7 nitrogen and oxygen atoms in total. The molecule has 1 saturated heterocycles. The minimum absolute atomic E-state index is 0.0235. The fourth-order valence-corrected chi connectivity index (χ4v) is 5.72. The van der Waals surface area contributed by atoms with Gasteiger partial charge in [-0.3, -0.25) is 4.39 Å². The molecule has 0 radical (unpaired) electrons. The molecule has 0 saturated carbocycles. The molecule has 1 aliphatic rings. The van der Waals surface area contributed by atoms with Crippen LogP contribution in [0.5, 0.6) is 0 Å². The van der Waals surface area contributed by atoms with E-state index in [4.69, 9.17) is 0 Å². The highest BCUT2D eigenvalue weighted by molar-refractivity contribution is 8.01. The molecule has 0 aliphatic carbocycles. The van der Waals surface area contributed by atoms with Crippen molar-refractivity contribution in [2.75, 3.05) is 29.8 Å². The van der Waals surface area contributed by atoms with Crippen LogP contribution in [0, 0.1) is 11.7 Å². The van der Waals surface area contributed by atoms with Crippen LogP contribution in [0.4, 0.5) is 24.8 Å². The molecule has 3 N–H and O–H groups in total. The molecule has 1 aliphatic heterocycles. The zero-order valence-corrected chi connectivity index (χ0v) is 21.3. The summed E-state index contributed by atoms with van der Waals surface area (Å²) in [6.07, 6.45) is 2.13. The van der Waals surface area contributed by atoms with E-state index in [1.807, 2.05) is 0 Å². The summed E-state index contributed by atoms with van der Waals surface area (Å²) in [6.45, 7) is 0.0717. The highest BCUT2D eigenvalue weighted by atomic mass is 32.2. The number of fused-ring (bicyclic) bond motifs is 1. The Kier molecular flexibility index (Phi) is 7.48. The van der Waals surface area contributed by atoms with Gasteiger partial charge in [0.05, 0.1) is 34.0 Å². The SMILES string of the molecule is C=S(=O)(Nc1ccc(-c2cc(CF)c3nc(N[C@@H]4CNC[C@H](CF)C4)ncc3n2)cc1F)c1ccccc1. The Morgan fingerprint density at radius 1 is 1.08 bits per heavy atom. The van der Waals surface area contributed by atoms with Crippen LogP contribution >= 0.6 is 0 Å². The van der Waals surface area contributed by atoms with E-state index in [2.05, 4.69) is 36.2 Å². The van der Waals surface area contributed by atoms with Gasteiger partial charge in [-0.15, -0.1) is 0 Å². The number of piperidine rings is 1. The highest BCUT2D eigenvalue weighted by Gasteiger charge is 2.22. The van der Waals surface area contributed by atoms with Gasteiger partial charge in [-0.2, -0.15) is 0 Å². The number of hydrogen-bond acceptors (Lipinski definition) is 6. The molecule has 1 fully saturated rings. The number of pyridine rings is 1. The molecule has 3 heterocycles. The molecular formula is C27H27F3N6OS. The van der Waals surface area contributed by atoms with E-state index in [0.29, 0.717) is 52.6 Å². The van der Waals surface area contributed by atoms with E-state index in [1.165, 1.54) is 24.4 Å². The van der Waals surface area contributed by atoms with Crippen LogP contribution in [-0.4, -0.2) is 50.8 Å². The topological polar surface area (TPSA) is 91.8 Å². The van der Waals surface area contributed by atoms with E-state index in [1.54, 1.807) is 36.4 Å². The van der Waals surface area contributed by atoms with Gasteiger partial charge in [0.15, 0.2) is 0 Å². The first-order valence-corrected chi connectivity index (χ1v) is 13.8. The number of nitrogens with zero attached hydrogens (tertiary/aromatic N) is 3. The molecule has 2 aromatic heterocycles. The predicted molar refractivity (Wildman–Crippen MR) is 145 cm³/mol. The second kappa shape index (κ2) is 11.0. The molecule has 0 spiro atoms. The second-order valence-corrected chi connectivity index (χ2v) is 11.3. The van der Waals surface area contributed by atoms with Gasteiger partial charge in [0, 0.05) is 41.1 Å². The van der Waals surface area contributed by atoms with E-state index >= 15 is 4.39 Å². The smallest absolute Gasteiger partial charge is 0.223 e. The maximum Gasteiger partial charge on any atom is 0.223 e. The fourth-order valence-electron chi connectivity index (χ4n) is 4.48. The minimum Gasteiger partial charge on any atom is -0.350 e. The number of nitrogens with one attached hydrogen (secondary N) is 3. The maximum absolute atomic E-state index is 15.0. The summed E-state index contributed by atoms with van der Waals surface area (Å²) in [5.41, 5.74) is 1.77. The van der Waals surface area contributed by atoms with Crippen molar-refractivity contribution in [2.45, 2.75) is 24.0 Å². The molecule has 0 amide bonds. The van der Waals surface area contributed by atoms with Gasteiger partial charge in [-0.05, 0) is 42.6 Å². The van der Waals surface area contributed by atoms with E-state index in [-0.39, 0.29) is 23.2 Å². The van der Waals surface area contributed by atoms with Crippen molar-refractivity contribution in [3.8, 4) is 11.3 Å². The summed E-state index contributed by atoms with van der Waals surface area (Å²) >= 11 is 0. The van der Waals surface area contributed by atoms with Crippen LogP contribution in [0.2, 0.25) is 0 Å². The Morgan fingerprint density at radius 2 is 1.89 bits per heavy atom. The third-order valence-electron chi connectivity index (χ3n) is 6.43. The van der Waals surface area contributed by atoms with Crippen LogP contribution in [-0.2, 0) is 16.4 Å². The van der Waals surface area contributed by atoms with Crippen molar-refractivity contribution in [1.29, 1.82) is 0 Å². The molecule has 198 valence electrons. The Hall–Kier alpha value is -3.70. The van der Waals surface area contributed by atoms with Crippen molar-refractivity contribution in [3.63, 3.8) is 0 Å². The Labute approximate surface area is 219 Å². The number of hydrogen-bond donors (Lipinski definition) is 3. The number of halogens is 3. The summed E-state index contributed by atoms with van der Waals surface area (Å²) in [5.74, 6) is 3.31. The Morgan fingerprint density at radius 3 is 2.63 bits per heavy atom. The summed E-state index contributed by atoms with van der Waals surface area (Å²) in [4.78, 5) is 13.7.